The van der Waals surface area contributed by atoms with E-state index in [4.69, 9.17) is 0 Å². The first-order valence-electron chi connectivity index (χ1n) is 6.73. The van der Waals surface area contributed by atoms with E-state index in [9.17, 15) is 4.79 Å². The number of thioether (sulfide) groups is 1. The number of hydrogen-bond donors (Lipinski definition) is 0. The summed E-state index contributed by atoms with van der Waals surface area (Å²) >= 11 is 1.49. The summed E-state index contributed by atoms with van der Waals surface area (Å²) < 4.78 is 3.27. The van der Waals surface area contributed by atoms with Gasteiger partial charge in [0.05, 0.1) is 23.8 Å². The highest BCUT2D eigenvalue weighted by Gasteiger charge is 2.07. The van der Waals surface area contributed by atoms with Crippen LogP contribution in [0.1, 0.15) is 0 Å². The zero-order valence-electron chi connectivity index (χ0n) is 11.8. The molecule has 8 heteroatoms. The minimum Gasteiger partial charge on any atom is -0.298 e. The van der Waals surface area contributed by atoms with E-state index in [1.165, 1.54) is 11.8 Å². The lowest BCUT2D eigenvalue weighted by Crippen LogP contribution is -2.21. The van der Waals surface area contributed by atoms with E-state index in [1.807, 2.05) is 18.2 Å². The largest absolute Gasteiger partial charge is 0.298 e. The lowest BCUT2D eigenvalue weighted by atomic mass is 10.2. The molecule has 0 aliphatic rings. The van der Waals surface area contributed by atoms with Crippen LogP contribution in [0.15, 0.2) is 53.2 Å². The lowest BCUT2D eigenvalue weighted by molar-refractivity contribution is 0.613. The van der Waals surface area contributed by atoms with Gasteiger partial charge in [0.1, 0.15) is 0 Å². The maximum absolute atomic E-state index is 12.3. The smallest absolute Gasteiger partial charge is 0.261 e. The third-order valence-corrected chi connectivity index (χ3v) is 4.03. The van der Waals surface area contributed by atoms with Crippen LogP contribution < -0.4 is 5.56 Å². The fourth-order valence-electron chi connectivity index (χ4n) is 2.04. The van der Waals surface area contributed by atoms with E-state index in [2.05, 4.69) is 27.1 Å². The quantitative estimate of drug-likeness (QED) is 0.505. The molecule has 2 heterocycles. The van der Waals surface area contributed by atoms with Crippen molar-refractivity contribution < 1.29 is 0 Å². The van der Waals surface area contributed by atoms with E-state index in [0.29, 0.717) is 34.9 Å². The minimum atomic E-state index is -0.0307. The van der Waals surface area contributed by atoms with Crippen molar-refractivity contribution in [1.29, 1.82) is 0 Å². The summed E-state index contributed by atoms with van der Waals surface area (Å²) in [5, 5.41) is 12.8. The van der Waals surface area contributed by atoms with Gasteiger partial charge in [0.15, 0.2) is 0 Å². The van der Waals surface area contributed by atoms with Crippen LogP contribution in [-0.4, -0.2) is 35.5 Å². The van der Waals surface area contributed by atoms with Crippen LogP contribution in [-0.2, 0) is 13.1 Å². The first-order chi connectivity index (χ1) is 10.8. The van der Waals surface area contributed by atoms with Gasteiger partial charge < -0.3 is 0 Å². The zero-order chi connectivity index (χ0) is 15.4. The van der Waals surface area contributed by atoms with Gasteiger partial charge in [-0.05, 0) is 22.6 Å². The molecule has 0 aliphatic heterocycles. The lowest BCUT2D eigenvalue weighted by Gasteiger charge is -2.06. The molecule has 3 rings (SSSR count). The van der Waals surface area contributed by atoms with E-state index < -0.39 is 0 Å². The van der Waals surface area contributed by atoms with Gasteiger partial charge in [-0.25, -0.2) is 9.67 Å². The van der Waals surface area contributed by atoms with Gasteiger partial charge in [-0.15, -0.1) is 11.7 Å². The normalized spacial score (nSPS) is 10.9. The van der Waals surface area contributed by atoms with Crippen LogP contribution in [0, 0.1) is 0 Å². The molecule has 7 nitrogen and oxygen atoms in total. The van der Waals surface area contributed by atoms with E-state index >= 15 is 0 Å². The number of rotatable bonds is 6. The number of aromatic nitrogens is 6. The molecule has 112 valence electrons. The molecule has 0 N–H and O–H groups in total. The van der Waals surface area contributed by atoms with Crippen molar-refractivity contribution in [2.75, 3.05) is 5.75 Å². The molecule has 0 spiro atoms. The van der Waals surface area contributed by atoms with Crippen LogP contribution in [0.5, 0.6) is 0 Å². The average Bonchev–Trinajstić information content (AvgIpc) is 2.98. The maximum atomic E-state index is 12.3. The highest BCUT2D eigenvalue weighted by atomic mass is 32.2. The Bertz CT molecular complexity index is 856. The van der Waals surface area contributed by atoms with E-state index in [0.717, 1.165) is 0 Å². The summed E-state index contributed by atoms with van der Waals surface area (Å²) in [6, 6.07) is 7.33. The van der Waals surface area contributed by atoms with Crippen LogP contribution in [0.4, 0.5) is 0 Å². The van der Waals surface area contributed by atoms with Crippen LogP contribution in [0.25, 0.3) is 10.9 Å². The van der Waals surface area contributed by atoms with E-state index in [-0.39, 0.29) is 5.56 Å². The van der Waals surface area contributed by atoms with Gasteiger partial charge in [-0.3, -0.25) is 9.36 Å². The molecule has 0 aliphatic carbocycles. The number of fused-ring (bicyclic) bond motifs is 1. The molecular formula is C14H14N6OS. The van der Waals surface area contributed by atoms with Gasteiger partial charge >= 0.3 is 0 Å². The average molecular weight is 314 g/mol. The molecule has 3 aromatic rings. The van der Waals surface area contributed by atoms with Gasteiger partial charge in [0.2, 0.25) is 5.16 Å². The molecule has 2 aromatic heterocycles. The molecule has 22 heavy (non-hydrogen) atoms. The van der Waals surface area contributed by atoms with Gasteiger partial charge in [-0.2, -0.15) is 0 Å². The molecule has 0 saturated heterocycles. The number of aryl methyl sites for hydroxylation is 1. The first-order valence-corrected chi connectivity index (χ1v) is 7.72. The Morgan fingerprint density at radius 2 is 2.18 bits per heavy atom. The number of tetrazole rings is 1. The second-order valence-corrected chi connectivity index (χ2v) is 5.60. The topological polar surface area (TPSA) is 78.5 Å². The van der Waals surface area contributed by atoms with Crippen molar-refractivity contribution in [2.45, 2.75) is 18.2 Å². The second kappa shape index (κ2) is 6.52. The van der Waals surface area contributed by atoms with Crippen LogP contribution in [0.2, 0.25) is 0 Å². The highest BCUT2D eigenvalue weighted by Crippen LogP contribution is 2.13. The van der Waals surface area contributed by atoms with Gasteiger partial charge in [0.25, 0.3) is 5.56 Å². The number of allylic oxidation sites excluding steroid dienone is 1. The summed E-state index contributed by atoms with van der Waals surface area (Å²) in [7, 11) is 0. The number of hydrogen-bond acceptors (Lipinski definition) is 6. The van der Waals surface area contributed by atoms with Crippen molar-refractivity contribution in [1.82, 2.24) is 29.8 Å². The van der Waals surface area contributed by atoms with Crippen LogP contribution >= 0.6 is 11.8 Å². The molecular weight excluding hydrogens is 300 g/mol. The monoisotopic (exact) mass is 314 g/mol. The fourth-order valence-corrected chi connectivity index (χ4v) is 2.86. The molecule has 0 bridgehead atoms. The number of nitrogens with zero attached hydrogens (tertiary/aromatic N) is 6. The Balaban J connectivity index is 1.72. The summed E-state index contributed by atoms with van der Waals surface area (Å²) in [4.78, 5) is 16.6. The first kappa shape index (κ1) is 14.5. The second-order valence-electron chi connectivity index (χ2n) is 4.54. The van der Waals surface area contributed by atoms with Crippen molar-refractivity contribution in [3.05, 3.63) is 53.6 Å². The Hall–Kier alpha value is -2.48. The molecule has 0 amide bonds. The predicted molar refractivity (Wildman–Crippen MR) is 84.7 cm³/mol. The number of para-hydroxylation sites is 1. The molecule has 0 unspecified atom stereocenters. The highest BCUT2D eigenvalue weighted by molar-refractivity contribution is 7.99. The third-order valence-electron chi connectivity index (χ3n) is 3.10. The Morgan fingerprint density at radius 3 is 3.05 bits per heavy atom. The Morgan fingerprint density at radius 1 is 1.32 bits per heavy atom. The zero-order valence-corrected chi connectivity index (χ0v) is 12.6. The molecule has 0 atom stereocenters. The molecule has 0 saturated carbocycles. The van der Waals surface area contributed by atoms with Crippen molar-refractivity contribution >= 4 is 22.7 Å². The van der Waals surface area contributed by atoms with Gasteiger partial charge in [-0.1, -0.05) is 30.0 Å². The molecule has 0 radical (unpaired) electrons. The van der Waals surface area contributed by atoms with Crippen molar-refractivity contribution in [2.24, 2.45) is 0 Å². The SMILES string of the molecule is C=CCn1nnnc1SCCn1cnc2ccccc2c1=O. The molecule has 0 fully saturated rings. The Kier molecular flexibility index (Phi) is 4.29. The fraction of sp³-hybridized carbons (Fsp3) is 0.214. The predicted octanol–water partition coefficient (Wildman–Crippen LogP) is 1.36. The maximum Gasteiger partial charge on any atom is 0.261 e. The minimum absolute atomic E-state index is 0.0307. The van der Waals surface area contributed by atoms with Crippen LogP contribution in [0.3, 0.4) is 0 Å². The third kappa shape index (κ3) is 2.91. The summed E-state index contributed by atoms with van der Waals surface area (Å²) in [5.74, 6) is 0.678. The van der Waals surface area contributed by atoms with Gasteiger partial charge in [0, 0.05) is 12.3 Å². The summed E-state index contributed by atoms with van der Waals surface area (Å²) in [6.07, 6.45) is 3.32. The summed E-state index contributed by atoms with van der Waals surface area (Å²) in [5.41, 5.74) is 0.684. The number of benzene rings is 1. The standard InChI is InChI=1S/C14H14N6OS/c1-2-7-20-14(16-17-18-20)22-9-8-19-10-15-12-6-4-3-5-11(12)13(19)21/h2-6,10H,1,7-9H2. The molecule has 1 aromatic carbocycles. The van der Waals surface area contributed by atoms with Crippen molar-refractivity contribution in [3.8, 4) is 0 Å². The Labute approximate surface area is 130 Å². The summed E-state index contributed by atoms with van der Waals surface area (Å²) in [6.45, 7) is 4.77. The van der Waals surface area contributed by atoms with E-state index in [1.54, 1.807) is 27.7 Å². The van der Waals surface area contributed by atoms with Crippen molar-refractivity contribution in [3.63, 3.8) is 0 Å².